The minimum atomic E-state index is -0.226. The number of carbonyl (C=O) groups excluding carboxylic acids is 1. The SMILES string of the molecule is Cc1ccc2c(c1)N(C(=O)c1c[nH]c(C)cc1=O)CCC2. The maximum absolute atomic E-state index is 12.7. The second-order valence-electron chi connectivity index (χ2n) is 5.59. The maximum atomic E-state index is 12.7. The van der Waals surface area contributed by atoms with Gasteiger partial charge in [-0.3, -0.25) is 9.59 Å². The molecule has 0 unspecified atom stereocenters. The summed E-state index contributed by atoms with van der Waals surface area (Å²) in [6.07, 6.45) is 3.42. The highest BCUT2D eigenvalue weighted by atomic mass is 16.2. The van der Waals surface area contributed by atoms with Crippen molar-refractivity contribution in [1.82, 2.24) is 4.98 Å². The summed E-state index contributed by atoms with van der Waals surface area (Å²) in [7, 11) is 0. The number of hydrogen-bond acceptors (Lipinski definition) is 2. The van der Waals surface area contributed by atoms with Crippen molar-refractivity contribution in [2.75, 3.05) is 11.4 Å². The van der Waals surface area contributed by atoms with Crippen molar-refractivity contribution in [3.63, 3.8) is 0 Å². The number of hydrogen-bond donors (Lipinski definition) is 1. The van der Waals surface area contributed by atoms with Gasteiger partial charge in [-0.15, -0.1) is 0 Å². The van der Waals surface area contributed by atoms with E-state index in [1.807, 2.05) is 13.0 Å². The lowest BCUT2D eigenvalue weighted by molar-refractivity contribution is 0.0983. The van der Waals surface area contributed by atoms with Gasteiger partial charge in [0.15, 0.2) is 5.43 Å². The molecule has 1 aliphatic heterocycles. The first-order chi connectivity index (χ1) is 10.1. The minimum Gasteiger partial charge on any atom is -0.364 e. The Kier molecular flexibility index (Phi) is 3.37. The number of fused-ring (bicyclic) bond motifs is 1. The first-order valence-corrected chi connectivity index (χ1v) is 7.17. The number of benzene rings is 1. The van der Waals surface area contributed by atoms with Gasteiger partial charge in [0, 0.05) is 30.2 Å². The van der Waals surface area contributed by atoms with E-state index >= 15 is 0 Å². The predicted octanol–water partition coefficient (Wildman–Crippen LogP) is 2.58. The van der Waals surface area contributed by atoms with Crippen molar-refractivity contribution in [2.45, 2.75) is 26.7 Å². The zero-order valence-electron chi connectivity index (χ0n) is 12.3. The molecule has 0 saturated heterocycles. The number of pyridine rings is 1. The van der Waals surface area contributed by atoms with E-state index in [1.54, 1.807) is 11.8 Å². The molecule has 0 atom stereocenters. The van der Waals surface area contributed by atoms with Gasteiger partial charge in [0.25, 0.3) is 5.91 Å². The number of H-pyrrole nitrogens is 1. The molecule has 1 N–H and O–H groups in total. The molecule has 0 aliphatic carbocycles. The van der Waals surface area contributed by atoms with Crippen LogP contribution < -0.4 is 10.3 Å². The van der Waals surface area contributed by atoms with Gasteiger partial charge in [0.1, 0.15) is 5.56 Å². The summed E-state index contributed by atoms with van der Waals surface area (Å²) in [6, 6.07) is 7.62. The molecule has 1 aromatic carbocycles. The van der Waals surface area contributed by atoms with E-state index in [9.17, 15) is 9.59 Å². The van der Waals surface area contributed by atoms with Crippen LogP contribution in [0.2, 0.25) is 0 Å². The fourth-order valence-electron chi connectivity index (χ4n) is 2.78. The van der Waals surface area contributed by atoms with E-state index in [0.29, 0.717) is 6.54 Å². The number of amides is 1. The second-order valence-corrected chi connectivity index (χ2v) is 5.59. The normalized spacial score (nSPS) is 13.9. The number of aryl methyl sites for hydroxylation is 3. The Morgan fingerprint density at radius 1 is 1.24 bits per heavy atom. The van der Waals surface area contributed by atoms with Crippen molar-refractivity contribution < 1.29 is 4.79 Å². The number of aromatic amines is 1. The number of aromatic nitrogens is 1. The summed E-state index contributed by atoms with van der Waals surface area (Å²) in [5.41, 5.74) is 3.96. The number of carbonyl (C=O) groups is 1. The zero-order chi connectivity index (χ0) is 15.0. The van der Waals surface area contributed by atoms with Gasteiger partial charge in [-0.05, 0) is 43.9 Å². The third-order valence-corrected chi connectivity index (χ3v) is 3.89. The largest absolute Gasteiger partial charge is 0.364 e. The van der Waals surface area contributed by atoms with Crippen LogP contribution in [-0.2, 0) is 6.42 Å². The first-order valence-electron chi connectivity index (χ1n) is 7.17. The molecule has 21 heavy (non-hydrogen) atoms. The van der Waals surface area contributed by atoms with E-state index in [2.05, 4.69) is 17.1 Å². The molecular formula is C17H18N2O2. The van der Waals surface area contributed by atoms with Gasteiger partial charge >= 0.3 is 0 Å². The van der Waals surface area contributed by atoms with Crippen LogP contribution in [-0.4, -0.2) is 17.4 Å². The molecule has 3 rings (SSSR count). The van der Waals surface area contributed by atoms with Gasteiger partial charge in [-0.2, -0.15) is 0 Å². The average molecular weight is 282 g/mol. The van der Waals surface area contributed by atoms with Crippen LogP contribution in [0.25, 0.3) is 0 Å². The molecule has 2 aromatic rings. The van der Waals surface area contributed by atoms with Gasteiger partial charge < -0.3 is 9.88 Å². The topological polar surface area (TPSA) is 53.2 Å². The fraction of sp³-hybridized carbons (Fsp3) is 0.294. The monoisotopic (exact) mass is 282 g/mol. The lowest BCUT2D eigenvalue weighted by atomic mass is 9.99. The minimum absolute atomic E-state index is 0.204. The van der Waals surface area contributed by atoms with Crippen molar-refractivity contribution in [3.05, 3.63) is 63.1 Å². The average Bonchev–Trinajstić information content (AvgIpc) is 2.46. The number of nitrogens with one attached hydrogen (secondary N) is 1. The summed E-state index contributed by atoms with van der Waals surface area (Å²) >= 11 is 0. The molecule has 4 nitrogen and oxygen atoms in total. The van der Waals surface area contributed by atoms with E-state index in [0.717, 1.165) is 29.8 Å². The molecule has 1 aromatic heterocycles. The van der Waals surface area contributed by atoms with Gasteiger partial charge in [0.05, 0.1) is 0 Å². The molecular weight excluding hydrogens is 264 g/mol. The highest BCUT2D eigenvalue weighted by Crippen LogP contribution is 2.29. The summed E-state index contributed by atoms with van der Waals surface area (Å²) in [5, 5.41) is 0. The van der Waals surface area contributed by atoms with Crippen LogP contribution in [0.3, 0.4) is 0 Å². The van der Waals surface area contributed by atoms with E-state index in [-0.39, 0.29) is 16.9 Å². The highest BCUT2D eigenvalue weighted by Gasteiger charge is 2.25. The van der Waals surface area contributed by atoms with Crippen molar-refractivity contribution >= 4 is 11.6 Å². The summed E-state index contributed by atoms with van der Waals surface area (Å²) in [4.78, 5) is 29.4. The smallest absolute Gasteiger partial charge is 0.263 e. The second kappa shape index (κ2) is 5.20. The lowest BCUT2D eigenvalue weighted by Gasteiger charge is -2.29. The Hall–Kier alpha value is -2.36. The number of rotatable bonds is 1. The van der Waals surface area contributed by atoms with Gasteiger partial charge in [-0.25, -0.2) is 0 Å². The number of anilines is 1. The van der Waals surface area contributed by atoms with E-state index < -0.39 is 0 Å². The Morgan fingerprint density at radius 2 is 2.05 bits per heavy atom. The van der Waals surface area contributed by atoms with Crippen LogP contribution in [0.5, 0.6) is 0 Å². The van der Waals surface area contributed by atoms with Crippen molar-refractivity contribution in [3.8, 4) is 0 Å². The zero-order valence-corrected chi connectivity index (χ0v) is 12.3. The third-order valence-electron chi connectivity index (χ3n) is 3.89. The Bertz CT molecular complexity index is 762. The Morgan fingerprint density at radius 3 is 2.81 bits per heavy atom. The molecule has 0 fully saturated rings. The fourth-order valence-corrected chi connectivity index (χ4v) is 2.78. The molecule has 0 radical (unpaired) electrons. The molecule has 0 spiro atoms. The summed E-state index contributed by atoms with van der Waals surface area (Å²) in [6.45, 7) is 4.47. The summed E-state index contributed by atoms with van der Waals surface area (Å²) < 4.78 is 0. The Labute approximate surface area is 123 Å². The van der Waals surface area contributed by atoms with Crippen molar-refractivity contribution in [1.29, 1.82) is 0 Å². The summed E-state index contributed by atoms with van der Waals surface area (Å²) in [5.74, 6) is -0.220. The molecule has 1 amide bonds. The maximum Gasteiger partial charge on any atom is 0.263 e. The molecule has 1 aliphatic rings. The first kappa shape index (κ1) is 13.6. The van der Waals surface area contributed by atoms with Crippen LogP contribution >= 0.6 is 0 Å². The predicted molar refractivity (Wildman–Crippen MR) is 83.0 cm³/mol. The highest BCUT2D eigenvalue weighted by molar-refractivity contribution is 6.06. The quantitative estimate of drug-likeness (QED) is 0.874. The standard InChI is InChI=1S/C17H18N2O2/c1-11-5-6-13-4-3-7-19(15(13)8-11)17(21)14-10-18-12(2)9-16(14)20/h5-6,8-10H,3-4,7H2,1-2H3,(H,18,20). The van der Waals surface area contributed by atoms with Crippen molar-refractivity contribution in [2.24, 2.45) is 0 Å². The van der Waals surface area contributed by atoms with Crippen LogP contribution in [0.15, 0.2) is 35.3 Å². The lowest BCUT2D eigenvalue weighted by Crippen LogP contribution is -2.38. The molecule has 0 bridgehead atoms. The van der Waals surface area contributed by atoms with E-state index in [4.69, 9.17) is 0 Å². The Balaban J connectivity index is 2.04. The number of nitrogens with zero attached hydrogens (tertiary/aromatic N) is 1. The van der Waals surface area contributed by atoms with Gasteiger partial charge in [0.2, 0.25) is 0 Å². The van der Waals surface area contributed by atoms with Crippen LogP contribution in [0.4, 0.5) is 5.69 Å². The molecule has 2 heterocycles. The van der Waals surface area contributed by atoms with Gasteiger partial charge in [-0.1, -0.05) is 12.1 Å². The molecule has 4 heteroatoms. The van der Waals surface area contributed by atoms with Crippen LogP contribution in [0, 0.1) is 13.8 Å². The van der Waals surface area contributed by atoms with Crippen LogP contribution in [0.1, 0.15) is 33.6 Å². The molecule has 108 valence electrons. The van der Waals surface area contributed by atoms with E-state index in [1.165, 1.54) is 17.8 Å². The third kappa shape index (κ3) is 2.49. The molecule has 0 saturated carbocycles.